The van der Waals surface area contributed by atoms with Crippen molar-refractivity contribution in [1.29, 1.82) is 0 Å². The molecule has 3 nitrogen and oxygen atoms in total. The van der Waals surface area contributed by atoms with Gasteiger partial charge in [0.05, 0.1) is 12.3 Å². The molecule has 0 aliphatic carbocycles. The molecule has 2 rings (SSSR count). The van der Waals surface area contributed by atoms with Gasteiger partial charge in [-0.2, -0.15) is 0 Å². The van der Waals surface area contributed by atoms with E-state index in [0.29, 0.717) is 29.4 Å². The van der Waals surface area contributed by atoms with Crippen molar-refractivity contribution in [3.63, 3.8) is 0 Å². The number of nitrogens with two attached hydrogens (primary N) is 1. The third kappa shape index (κ3) is 3.61. The van der Waals surface area contributed by atoms with Crippen LogP contribution >= 0.6 is 15.9 Å². The van der Waals surface area contributed by atoms with Crippen molar-refractivity contribution >= 4 is 33.0 Å². The summed E-state index contributed by atoms with van der Waals surface area (Å²) in [7, 11) is 0. The molecule has 0 radical (unpaired) electrons. The fourth-order valence-corrected chi connectivity index (χ4v) is 2.05. The van der Waals surface area contributed by atoms with E-state index in [4.69, 9.17) is 10.5 Å². The van der Waals surface area contributed by atoms with Crippen LogP contribution < -0.4 is 15.8 Å². The molecule has 0 unspecified atom stereocenters. The summed E-state index contributed by atoms with van der Waals surface area (Å²) in [5.41, 5.74) is 7.41. The Hall–Kier alpha value is -1.75. The van der Waals surface area contributed by atoms with Crippen LogP contribution in [0.15, 0.2) is 40.9 Å². The molecule has 0 heterocycles. The van der Waals surface area contributed by atoms with Crippen LogP contribution in [0.5, 0.6) is 5.75 Å². The van der Waals surface area contributed by atoms with E-state index < -0.39 is 0 Å². The summed E-state index contributed by atoms with van der Waals surface area (Å²) in [6.07, 6.45) is 0. The normalized spacial score (nSPS) is 10.3. The second-order valence-electron chi connectivity index (χ2n) is 3.97. The van der Waals surface area contributed by atoms with Gasteiger partial charge < -0.3 is 15.8 Å². The Bertz CT molecular complexity index is 590. The molecule has 0 bridgehead atoms. The summed E-state index contributed by atoms with van der Waals surface area (Å²) < 4.78 is 19.9. The number of rotatable bonds is 4. The van der Waals surface area contributed by atoms with Crippen molar-refractivity contribution in [3.8, 4) is 5.75 Å². The second-order valence-corrected chi connectivity index (χ2v) is 4.89. The molecule has 2 aromatic carbocycles. The Morgan fingerprint density at radius 1 is 1.26 bits per heavy atom. The van der Waals surface area contributed by atoms with E-state index in [1.807, 2.05) is 6.92 Å². The summed E-state index contributed by atoms with van der Waals surface area (Å²) in [5, 5.41) is 2.99. The molecule has 3 N–H and O–H groups in total. The lowest BCUT2D eigenvalue weighted by molar-refractivity contribution is 0.340. The van der Waals surface area contributed by atoms with Crippen LogP contribution in [0.3, 0.4) is 0 Å². The molecule has 0 aliphatic rings. The summed E-state index contributed by atoms with van der Waals surface area (Å²) in [6.45, 7) is 2.44. The van der Waals surface area contributed by atoms with Gasteiger partial charge in [-0.3, -0.25) is 0 Å². The van der Waals surface area contributed by atoms with E-state index >= 15 is 0 Å². The Kier molecular flexibility index (Phi) is 4.27. The number of halogens is 2. The molecule has 0 saturated heterocycles. The molecule has 19 heavy (non-hydrogen) atoms. The lowest BCUT2D eigenvalue weighted by Gasteiger charge is -2.11. The number of nitrogens with one attached hydrogen (secondary N) is 1. The highest BCUT2D eigenvalue weighted by atomic mass is 79.9. The minimum Gasteiger partial charge on any atom is -0.494 e. The van der Waals surface area contributed by atoms with E-state index in [1.165, 1.54) is 6.07 Å². The highest BCUT2D eigenvalue weighted by molar-refractivity contribution is 9.10. The van der Waals surface area contributed by atoms with Crippen molar-refractivity contribution in [2.75, 3.05) is 17.7 Å². The first-order valence-corrected chi connectivity index (χ1v) is 6.63. The summed E-state index contributed by atoms with van der Waals surface area (Å²) in [5.74, 6) is 0.323. The van der Waals surface area contributed by atoms with Gasteiger partial charge in [-0.1, -0.05) is 15.9 Å². The van der Waals surface area contributed by atoms with Crippen LogP contribution in [0.1, 0.15) is 6.92 Å². The Balaban J connectivity index is 2.29. The van der Waals surface area contributed by atoms with E-state index in [0.717, 1.165) is 4.47 Å². The zero-order valence-electron chi connectivity index (χ0n) is 10.4. The number of anilines is 3. The zero-order chi connectivity index (χ0) is 13.8. The van der Waals surface area contributed by atoms with Gasteiger partial charge >= 0.3 is 0 Å². The van der Waals surface area contributed by atoms with Crippen molar-refractivity contribution in [2.45, 2.75) is 6.92 Å². The minimum atomic E-state index is -0.330. The Morgan fingerprint density at radius 2 is 2.05 bits per heavy atom. The molecular formula is C14H14BrFN2O. The highest BCUT2D eigenvalue weighted by Gasteiger charge is 2.05. The quantitative estimate of drug-likeness (QED) is 0.824. The van der Waals surface area contributed by atoms with Gasteiger partial charge in [-0.15, -0.1) is 0 Å². The molecule has 0 aliphatic heterocycles. The molecule has 0 spiro atoms. The Labute approximate surface area is 119 Å². The standard InChI is InChI=1S/C14H14BrFN2O/c1-2-19-12-7-10(17)6-11(8-12)18-14-5-9(15)3-4-13(14)16/h3-8,18H,2,17H2,1H3. The smallest absolute Gasteiger partial charge is 0.146 e. The van der Waals surface area contributed by atoms with Gasteiger partial charge in [0.1, 0.15) is 11.6 Å². The van der Waals surface area contributed by atoms with Crippen LogP contribution in [0.2, 0.25) is 0 Å². The van der Waals surface area contributed by atoms with Crippen molar-refractivity contribution < 1.29 is 9.13 Å². The maximum Gasteiger partial charge on any atom is 0.146 e. The number of benzene rings is 2. The molecule has 0 saturated carbocycles. The molecule has 2 aromatic rings. The van der Waals surface area contributed by atoms with Gasteiger partial charge in [0.2, 0.25) is 0 Å². The lowest BCUT2D eigenvalue weighted by atomic mass is 10.2. The first-order valence-electron chi connectivity index (χ1n) is 5.84. The van der Waals surface area contributed by atoms with Crippen molar-refractivity contribution in [1.82, 2.24) is 0 Å². The monoisotopic (exact) mass is 324 g/mol. The maximum absolute atomic E-state index is 13.7. The highest BCUT2D eigenvalue weighted by Crippen LogP contribution is 2.28. The molecule has 0 atom stereocenters. The largest absolute Gasteiger partial charge is 0.494 e. The fraction of sp³-hybridized carbons (Fsp3) is 0.143. The number of nitrogen functional groups attached to an aromatic ring is 1. The number of hydrogen-bond acceptors (Lipinski definition) is 3. The van der Waals surface area contributed by atoms with Crippen LogP contribution in [-0.2, 0) is 0 Å². The van der Waals surface area contributed by atoms with E-state index in [-0.39, 0.29) is 5.82 Å². The minimum absolute atomic E-state index is 0.330. The summed E-state index contributed by atoms with van der Waals surface area (Å²) in [6, 6.07) is 9.93. The second kappa shape index (κ2) is 5.93. The van der Waals surface area contributed by atoms with Gasteiger partial charge in [0.25, 0.3) is 0 Å². The Morgan fingerprint density at radius 3 is 2.79 bits per heavy atom. The third-order valence-corrected chi connectivity index (χ3v) is 2.94. The molecule has 0 fully saturated rings. The molecule has 0 amide bonds. The fourth-order valence-electron chi connectivity index (χ4n) is 1.69. The average molecular weight is 325 g/mol. The van der Waals surface area contributed by atoms with Crippen molar-refractivity contribution in [3.05, 3.63) is 46.7 Å². The first-order chi connectivity index (χ1) is 9.08. The average Bonchev–Trinajstić information content (AvgIpc) is 2.33. The lowest BCUT2D eigenvalue weighted by Crippen LogP contribution is -1.98. The molecule has 100 valence electrons. The van der Waals surface area contributed by atoms with Gasteiger partial charge in [0, 0.05) is 28.0 Å². The van der Waals surface area contributed by atoms with E-state index in [1.54, 1.807) is 30.3 Å². The van der Waals surface area contributed by atoms with Crippen LogP contribution in [-0.4, -0.2) is 6.61 Å². The SMILES string of the molecule is CCOc1cc(N)cc(Nc2cc(Br)ccc2F)c1. The maximum atomic E-state index is 13.7. The number of hydrogen-bond donors (Lipinski definition) is 2. The summed E-state index contributed by atoms with van der Waals surface area (Å²) >= 11 is 3.31. The van der Waals surface area contributed by atoms with Gasteiger partial charge in [-0.05, 0) is 31.2 Å². The summed E-state index contributed by atoms with van der Waals surface area (Å²) in [4.78, 5) is 0. The van der Waals surface area contributed by atoms with Gasteiger partial charge in [-0.25, -0.2) is 4.39 Å². The predicted octanol–water partition coefficient (Wildman–Crippen LogP) is 4.31. The topological polar surface area (TPSA) is 47.3 Å². The van der Waals surface area contributed by atoms with Crippen LogP contribution in [0, 0.1) is 5.82 Å². The van der Waals surface area contributed by atoms with Crippen LogP contribution in [0.4, 0.5) is 21.5 Å². The number of ether oxygens (including phenoxy) is 1. The molecule has 5 heteroatoms. The van der Waals surface area contributed by atoms with Gasteiger partial charge in [0.15, 0.2) is 0 Å². The molecular weight excluding hydrogens is 311 g/mol. The predicted molar refractivity (Wildman–Crippen MR) is 79.4 cm³/mol. The van der Waals surface area contributed by atoms with E-state index in [2.05, 4.69) is 21.2 Å². The van der Waals surface area contributed by atoms with E-state index in [9.17, 15) is 4.39 Å². The van der Waals surface area contributed by atoms with Crippen molar-refractivity contribution in [2.24, 2.45) is 0 Å². The zero-order valence-corrected chi connectivity index (χ0v) is 12.0. The van der Waals surface area contributed by atoms with Crippen LogP contribution in [0.25, 0.3) is 0 Å². The molecule has 0 aromatic heterocycles. The third-order valence-electron chi connectivity index (χ3n) is 2.45. The first kappa shape index (κ1) is 13.7.